The van der Waals surface area contributed by atoms with Gasteiger partial charge in [0.25, 0.3) is 0 Å². The third-order valence-electron chi connectivity index (χ3n) is 4.13. The van der Waals surface area contributed by atoms with E-state index in [2.05, 4.69) is 20.3 Å². The van der Waals surface area contributed by atoms with Crippen LogP contribution in [0.3, 0.4) is 0 Å². The van der Waals surface area contributed by atoms with Crippen molar-refractivity contribution < 1.29 is 9.53 Å². The van der Waals surface area contributed by atoms with E-state index in [0.717, 1.165) is 17.7 Å². The van der Waals surface area contributed by atoms with Crippen molar-refractivity contribution in [2.24, 2.45) is 11.8 Å². The molecular weight excluding hydrogens is 230 g/mol. The molecule has 0 radical (unpaired) electrons. The third-order valence-corrected chi connectivity index (χ3v) is 4.13. The monoisotopic (exact) mass is 247 g/mol. The molecule has 96 valence electrons. The number of hydrogen-bond donors (Lipinski definition) is 1. The van der Waals surface area contributed by atoms with Gasteiger partial charge in [-0.05, 0) is 43.2 Å². The molecule has 18 heavy (non-hydrogen) atoms. The maximum Gasteiger partial charge on any atom is 0.358 e. The Balaban J connectivity index is 1.65. The first-order valence-corrected chi connectivity index (χ1v) is 6.45. The van der Waals surface area contributed by atoms with Crippen LogP contribution >= 0.6 is 0 Å². The van der Waals surface area contributed by atoms with Gasteiger partial charge >= 0.3 is 5.97 Å². The molecule has 0 saturated heterocycles. The lowest BCUT2D eigenvalue weighted by Gasteiger charge is -2.23. The second-order valence-corrected chi connectivity index (χ2v) is 5.22. The highest BCUT2D eigenvalue weighted by Crippen LogP contribution is 2.45. The zero-order chi connectivity index (χ0) is 12.5. The highest BCUT2D eigenvalue weighted by Gasteiger charge is 2.39. The summed E-state index contributed by atoms with van der Waals surface area (Å²) in [6.45, 7) is 0. The number of ether oxygens (including phenoxy) is 1. The zero-order valence-corrected chi connectivity index (χ0v) is 10.4. The second kappa shape index (κ2) is 4.55. The minimum Gasteiger partial charge on any atom is -0.464 e. The molecule has 1 aromatic rings. The van der Waals surface area contributed by atoms with Crippen LogP contribution in [0.2, 0.25) is 0 Å². The topological polar surface area (TPSA) is 64.1 Å². The molecule has 3 atom stereocenters. The van der Waals surface area contributed by atoms with Crippen LogP contribution in [-0.2, 0) is 4.74 Å². The summed E-state index contributed by atoms with van der Waals surface area (Å²) in [4.78, 5) is 11.2. The van der Waals surface area contributed by atoms with E-state index in [1.165, 1.54) is 32.8 Å². The van der Waals surface area contributed by atoms with E-state index in [4.69, 9.17) is 0 Å². The molecule has 5 nitrogen and oxygen atoms in total. The van der Waals surface area contributed by atoms with E-state index < -0.39 is 5.97 Å². The summed E-state index contributed by atoms with van der Waals surface area (Å²) in [6, 6.07) is 3.97. The fraction of sp³-hybridized carbons (Fsp3) is 0.615. The Morgan fingerprint density at radius 1 is 1.33 bits per heavy atom. The zero-order valence-electron chi connectivity index (χ0n) is 10.4. The molecule has 2 aliphatic carbocycles. The quantitative estimate of drug-likeness (QED) is 0.826. The Hall–Kier alpha value is -1.65. The molecule has 1 aromatic heterocycles. The predicted molar refractivity (Wildman–Crippen MR) is 66.2 cm³/mol. The normalized spacial score (nSPS) is 29.3. The Kier molecular flexibility index (Phi) is 2.89. The minimum absolute atomic E-state index is 0.246. The van der Waals surface area contributed by atoms with Gasteiger partial charge in [0.2, 0.25) is 0 Å². The van der Waals surface area contributed by atoms with E-state index >= 15 is 0 Å². The number of fused-ring (bicyclic) bond motifs is 2. The van der Waals surface area contributed by atoms with Crippen molar-refractivity contribution in [3.8, 4) is 0 Å². The smallest absolute Gasteiger partial charge is 0.358 e. The fourth-order valence-corrected chi connectivity index (χ4v) is 3.23. The second-order valence-electron chi connectivity index (χ2n) is 5.22. The molecule has 2 aliphatic rings. The molecule has 3 unspecified atom stereocenters. The van der Waals surface area contributed by atoms with Crippen LogP contribution in [0.1, 0.15) is 36.2 Å². The molecule has 0 amide bonds. The number of nitrogens with one attached hydrogen (secondary N) is 1. The molecule has 2 bridgehead atoms. The average Bonchev–Trinajstić information content (AvgIpc) is 3.01. The lowest BCUT2D eigenvalue weighted by Crippen LogP contribution is -2.26. The summed E-state index contributed by atoms with van der Waals surface area (Å²) < 4.78 is 4.59. The number of nitrogens with zero attached hydrogens (tertiary/aromatic N) is 2. The van der Waals surface area contributed by atoms with Crippen LogP contribution in [0.15, 0.2) is 12.1 Å². The third kappa shape index (κ3) is 2.05. The van der Waals surface area contributed by atoms with E-state index in [9.17, 15) is 4.79 Å². The summed E-state index contributed by atoms with van der Waals surface area (Å²) >= 11 is 0. The van der Waals surface area contributed by atoms with Gasteiger partial charge in [0.1, 0.15) is 5.82 Å². The number of rotatable bonds is 3. The van der Waals surface area contributed by atoms with Crippen molar-refractivity contribution in [1.82, 2.24) is 10.2 Å². The molecule has 3 rings (SSSR count). The fourth-order valence-electron chi connectivity index (χ4n) is 3.23. The lowest BCUT2D eigenvalue weighted by atomic mass is 9.95. The number of methoxy groups -OCH3 is 1. The molecule has 0 spiro atoms. The van der Waals surface area contributed by atoms with E-state index in [1.807, 2.05) is 0 Å². The van der Waals surface area contributed by atoms with Crippen LogP contribution in [0.25, 0.3) is 0 Å². The maximum absolute atomic E-state index is 11.2. The van der Waals surface area contributed by atoms with Gasteiger partial charge in [0, 0.05) is 6.04 Å². The number of esters is 1. The summed E-state index contributed by atoms with van der Waals surface area (Å²) in [5.41, 5.74) is 0.246. The SMILES string of the molecule is COC(=O)c1ccc(NC2CC3CCC2C3)nn1. The van der Waals surface area contributed by atoms with Crippen LogP contribution in [-0.4, -0.2) is 29.3 Å². The minimum atomic E-state index is -0.450. The van der Waals surface area contributed by atoms with Gasteiger partial charge in [-0.1, -0.05) is 6.42 Å². The summed E-state index contributed by atoms with van der Waals surface area (Å²) in [6.07, 6.45) is 5.31. The van der Waals surface area contributed by atoms with Crippen LogP contribution in [0.5, 0.6) is 0 Å². The molecular formula is C13H17N3O2. The number of hydrogen-bond acceptors (Lipinski definition) is 5. The van der Waals surface area contributed by atoms with E-state index in [1.54, 1.807) is 12.1 Å². The van der Waals surface area contributed by atoms with Gasteiger partial charge in [0.15, 0.2) is 5.69 Å². The van der Waals surface area contributed by atoms with Gasteiger partial charge in [-0.15, -0.1) is 10.2 Å². The Morgan fingerprint density at radius 3 is 2.78 bits per heavy atom. The van der Waals surface area contributed by atoms with Gasteiger partial charge in [0.05, 0.1) is 7.11 Å². The van der Waals surface area contributed by atoms with Gasteiger partial charge in [-0.3, -0.25) is 0 Å². The Bertz CT molecular complexity index is 446. The highest BCUT2D eigenvalue weighted by atomic mass is 16.5. The number of anilines is 1. The van der Waals surface area contributed by atoms with Crippen molar-refractivity contribution in [1.29, 1.82) is 0 Å². The molecule has 2 fully saturated rings. The highest BCUT2D eigenvalue weighted by molar-refractivity contribution is 5.86. The lowest BCUT2D eigenvalue weighted by molar-refractivity contribution is 0.0593. The molecule has 0 aliphatic heterocycles. The van der Waals surface area contributed by atoms with Crippen molar-refractivity contribution in [2.75, 3.05) is 12.4 Å². The number of aromatic nitrogens is 2. The molecule has 1 N–H and O–H groups in total. The predicted octanol–water partition coefficient (Wildman–Crippen LogP) is 1.86. The average molecular weight is 247 g/mol. The first-order chi connectivity index (χ1) is 8.76. The summed E-state index contributed by atoms with van der Waals surface area (Å²) in [7, 11) is 1.34. The first-order valence-electron chi connectivity index (χ1n) is 6.45. The summed E-state index contributed by atoms with van der Waals surface area (Å²) in [5.74, 6) is 1.99. The molecule has 0 aromatic carbocycles. The number of carbonyl (C=O) groups excluding carboxylic acids is 1. The van der Waals surface area contributed by atoms with Gasteiger partial charge in [-0.2, -0.15) is 0 Å². The van der Waals surface area contributed by atoms with Crippen LogP contribution in [0, 0.1) is 11.8 Å². The van der Waals surface area contributed by atoms with Gasteiger partial charge in [-0.25, -0.2) is 4.79 Å². The Morgan fingerprint density at radius 2 is 2.22 bits per heavy atom. The van der Waals surface area contributed by atoms with Gasteiger partial charge < -0.3 is 10.1 Å². The largest absolute Gasteiger partial charge is 0.464 e. The van der Waals surface area contributed by atoms with Crippen molar-refractivity contribution in [3.05, 3.63) is 17.8 Å². The Labute approximate surface area is 106 Å². The van der Waals surface area contributed by atoms with E-state index in [-0.39, 0.29) is 5.69 Å². The molecule has 5 heteroatoms. The van der Waals surface area contributed by atoms with Crippen LogP contribution < -0.4 is 5.32 Å². The van der Waals surface area contributed by atoms with E-state index in [0.29, 0.717) is 6.04 Å². The maximum atomic E-state index is 11.2. The number of carbonyl (C=O) groups is 1. The van der Waals surface area contributed by atoms with Crippen molar-refractivity contribution >= 4 is 11.8 Å². The standard InChI is InChI=1S/C13H17N3O2/c1-18-13(17)10-4-5-12(16-15-10)14-11-7-8-2-3-9(11)6-8/h4-5,8-9,11H,2-3,6-7H2,1H3,(H,14,16). The summed E-state index contributed by atoms with van der Waals surface area (Å²) in [5, 5.41) is 11.3. The van der Waals surface area contributed by atoms with Crippen molar-refractivity contribution in [2.45, 2.75) is 31.7 Å². The first kappa shape index (κ1) is 11.4. The molecule has 1 heterocycles. The molecule has 2 saturated carbocycles. The van der Waals surface area contributed by atoms with Crippen LogP contribution in [0.4, 0.5) is 5.82 Å². The van der Waals surface area contributed by atoms with Crippen molar-refractivity contribution in [3.63, 3.8) is 0 Å².